The van der Waals surface area contributed by atoms with Crippen LogP contribution in [0.5, 0.6) is 0 Å². The first-order chi connectivity index (χ1) is 7.87. The van der Waals surface area contributed by atoms with Crippen molar-refractivity contribution in [3.8, 4) is 0 Å². The van der Waals surface area contributed by atoms with Gasteiger partial charge in [-0.15, -0.1) is 0 Å². The van der Waals surface area contributed by atoms with E-state index in [0.29, 0.717) is 5.92 Å². The smallest absolute Gasteiger partial charge is 0.303 e. The van der Waals surface area contributed by atoms with Crippen molar-refractivity contribution < 1.29 is 18.0 Å². The van der Waals surface area contributed by atoms with Crippen LogP contribution in [0, 0.1) is 5.92 Å². The molecule has 1 N–H and O–H groups in total. The molecule has 0 aliphatic carbocycles. The summed E-state index contributed by atoms with van der Waals surface area (Å²) in [7, 11) is 0. The van der Waals surface area contributed by atoms with Gasteiger partial charge >= 0.3 is 6.18 Å². The van der Waals surface area contributed by atoms with E-state index in [0.717, 1.165) is 32.5 Å². The summed E-state index contributed by atoms with van der Waals surface area (Å²) in [5.41, 5.74) is 2.51. The molecule has 17 heavy (non-hydrogen) atoms. The van der Waals surface area contributed by atoms with E-state index in [9.17, 15) is 13.2 Å². The van der Waals surface area contributed by atoms with E-state index in [1.807, 2.05) is 0 Å². The zero-order valence-corrected chi connectivity index (χ0v) is 10.4. The zero-order valence-electron chi connectivity index (χ0n) is 10.4. The fourth-order valence-electron chi connectivity index (χ4n) is 1.99. The van der Waals surface area contributed by atoms with Crippen molar-refractivity contribution >= 4 is 0 Å². The van der Waals surface area contributed by atoms with Crippen LogP contribution in [0.3, 0.4) is 0 Å². The van der Waals surface area contributed by atoms with E-state index in [2.05, 4.69) is 29.1 Å². The maximum absolute atomic E-state index is 11.8. The Labute approximate surface area is 100 Å². The van der Waals surface area contributed by atoms with E-state index in [1.54, 1.807) is 0 Å². The molecule has 0 unspecified atom stereocenters. The maximum atomic E-state index is 11.8. The monoisotopic (exact) mass is 254 g/mol. The highest BCUT2D eigenvalue weighted by atomic mass is 19.4. The van der Waals surface area contributed by atoms with Gasteiger partial charge in [-0.3, -0.25) is 4.84 Å². The molecule has 0 radical (unpaired) electrons. The molecule has 0 aromatic heterocycles. The third-order valence-electron chi connectivity index (χ3n) is 2.70. The highest BCUT2D eigenvalue weighted by Crippen LogP contribution is 2.15. The topological polar surface area (TPSA) is 24.5 Å². The summed E-state index contributed by atoms with van der Waals surface area (Å²) < 4.78 is 35.5. The third kappa shape index (κ3) is 6.85. The fourth-order valence-corrected chi connectivity index (χ4v) is 1.99. The Balaban J connectivity index is 2.11. The first-order valence-electron chi connectivity index (χ1n) is 6.03. The summed E-state index contributed by atoms with van der Waals surface area (Å²) in [6.07, 6.45) is -2.58. The summed E-state index contributed by atoms with van der Waals surface area (Å²) in [6.45, 7) is 6.00. The predicted molar refractivity (Wildman–Crippen MR) is 59.4 cm³/mol. The highest BCUT2D eigenvalue weighted by molar-refractivity contribution is 4.75. The van der Waals surface area contributed by atoms with Crippen LogP contribution in [-0.4, -0.2) is 43.4 Å². The molecule has 0 bridgehead atoms. The minimum Gasteiger partial charge on any atom is -0.303 e. The largest absolute Gasteiger partial charge is 0.413 e. The van der Waals surface area contributed by atoms with Crippen LogP contribution in [0.4, 0.5) is 13.2 Å². The van der Waals surface area contributed by atoms with Gasteiger partial charge in [0.15, 0.2) is 6.61 Å². The minimum atomic E-state index is -4.26. The Bertz CT molecular complexity index is 213. The molecular formula is C11H21F3N2O. The lowest BCUT2D eigenvalue weighted by molar-refractivity contribution is -0.194. The van der Waals surface area contributed by atoms with Crippen LogP contribution >= 0.6 is 0 Å². The normalized spacial score (nSPS) is 20.1. The lowest BCUT2D eigenvalue weighted by Crippen LogP contribution is -2.44. The van der Waals surface area contributed by atoms with Crippen LogP contribution in [0.2, 0.25) is 0 Å². The SMILES string of the molecule is CC(C)CN1CCC(NOCC(F)(F)F)CC1. The summed E-state index contributed by atoms with van der Waals surface area (Å²) >= 11 is 0. The number of rotatable bonds is 5. The zero-order chi connectivity index (χ0) is 12.9. The Morgan fingerprint density at radius 2 is 1.88 bits per heavy atom. The van der Waals surface area contributed by atoms with Gasteiger partial charge in [0, 0.05) is 12.6 Å². The summed E-state index contributed by atoms with van der Waals surface area (Å²) in [6, 6.07) is 0.0424. The van der Waals surface area contributed by atoms with E-state index in [1.165, 1.54) is 0 Å². The fraction of sp³-hybridized carbons (Fsp3) is 1.00. The molecule has 0 amide bonds. The highest BCUT2D eigenvalue weighted by Gasteiger charge is 2.28. The van der Waals surface area contributed by atoms with Gasteiger partial charge in [-0.1, -0.05) is 13.8 Å². The molecule has 3 nitrogen and oxygen atoms in total. The number of hydrogen-bond acceptors (Lipinski definition) is 3. The number of piperidine rings is 1. The molecule has 1 rings (SSSR count). The first kappa shape index (κ1) is 14.7. The van der Waals surface area contributed by atoms with Gasteiger partial charge in [0.25, 0.3) is 0 Å². The molecule has 0 atom stereocenters. The van der Waals surface area contributed by atoms with Crippen molar-refractivity contribution in [2.24, 2.45) is 5.92 Å². The first-order valence-corrected chi connectivity index (χ1v) is 6.03. The third-order valence-corrected chi connectivity index (χ3v) is 2.70. The molecular weight excluding hydrogens is 233 g/mol. The van der Waals surface area contributed by atoms with Crippen molar-refractivity contribution in [2.45, 2.75) is 38.9 Å². The van der Waals surface area contributed by atoms with Crippen molar-refractivity contribution in [1.29, 1.82) is 0 Å². The second-order valence-corrected chi connectivity index (χ2v) is 4.99. The number of nitrogens with one attached hydrogen (secondary N) is 1. The van der Waals surface area contributed by atoms with Crippen molar-refractivity contribution in [2.75, 3.05) is 26.2 Å². The van der Waals surface area contributed by atoms with Gasteiger partial charge in [0.05, 0.1) is 0 Å². The van der Waals surface area contributed by atoms with Crippen LogP contribution in [0.15, 0.2) is 0 Å². The van der Waals surface area contributed by atoms with Crippen LogP contribution < -0.4 is 5.48 Å². The number of likely N-dealkylation sites (tertiary alicyclic amines) is 1. The molecule has 0 saturated carbocycles. The van der Waals surface area contributed by atoms with E-state index >= 15 is 0 Å². The van der Waals surface area contributed by atoms with Crippen LogP contribution in [0.1, 0.15) is 26.7 Å². The van der Waals surface area contributed by atoms with E-state index in [-0.39, 0.29) is 6.04 Å². The average Bonchev–Trinajstić information content (AvgIpc) is 2.18. The Morgan fingerprint density at radius 1 is 1.29 bits per heavy atom. The molecule has 1 heterocycles. The molecule has 0 aromatic carbocycles. The number of hydroxylamine groups is 1. The summed E-state index contributed by atoms with van der Waals surface area (Å²) in [4.78, 5) is 6.80. The van der Waals surface area contributed by atoms with E-state index < -0.39 is 12.8 Å². The minimum absolute atomic E-state index is 0.0424. The molecule has 0 aromatic rings. The predicted octanol–water partition coefficient (Wildman–Crippen LogP) is 2.19. The second kappa shape index (κ2) is 6.56. The van der Waals surface area contributed by atoms with Crippen molar-refractivity contribution in [3.63, 3.8) is 0 Å². The average molecular weight is 254 g/mol. The van der Waals surface area contributed by atoms with Crippen LogP contribution in [-0.2, 0) is 4.84 Å². The number of nitrogens with zero attached hydrogens (tertiary/aromatic N) is 1. The number of halogens is 3. The molecule has 6 heteroatoms. The number of alkyl halides is 3. The Morgan fingerprint density at radius 3 is 2.35 bits per heavy atom. The maximum Gasteiger partial charge on any atom is 0.413 e. The Kier molecular flexibility index (Phi) is 5.69. The molecule has 1 aliphatic heterocycles. The lowest BCUT2D eigenvalue weighted by Gasteiger charge is -2.33. The summed E-state index contributed by atoms with van der Waals surface area (Å²) in [5, 5.41) is 0. The quantitative estimate of drug-likeness (QED) is 0.761. The van der Waals surface area contributed by atoms with Gasteiger partial charge in [-0.05, 0) is 31.8 Å². The van der Waals surface area contributed by atoms with Crippen molar-refractivity contribution in [3.05, 3.63) is 0 Å². The van der Waals surface area contributed by atoms with Gasteiger partial charge in [-0.25, -0.2) is 0 Å². The van der Waals surface area contributed by atoms with Gasteiger partial charge in [0.2, 0.25) is 0 Å². The molecule has 1 saturated heterocycles. The second-order valence-electron chi connectivity index (χ2n) is 4.99. The standard InChI is InChI=1S/C11H21F3N2O/c1-9(2)7-16-5-3-10(4-6-16)15-17-8-11(12,13)14/h9-10,15H,3-8H2,1-2H3. The van der Waals surface area contributed by atoms with Crippen LogP contribution in [0.25, 0.3) is 0 Å². The van der Waals surface area contributed by atoms with E-state index in [4.69, 9.17) is 0 Å². The Hall–Kier alpha value is -0.330. The van der Waals surface area contributed by atoms with Gasteiger partial charge in [-0.2, -0.15) is 18.7 Å². The summed E-state index contributed by atoms with van der Waals surface area (Å²) in [5.74, 6) is 0.626. The molecule has 102 valence electrons. The number of hydrogen-bond donors (Lipinski definition) is 1. The molecule has 1 aliphatic rings. The van der Waals surface area contributed by atoms with Gasteiger partial charge in [0.1, 0.15) is 0 Å². The molecule has 0 spiro atoms. The van der Waals surface area contributed by atoms with Gasteiger partial charge < -0.3 is 4.90 Å². The van der Waals surface area contributed by atoms with Crippen molar-refractivity contribution in [1.82, 2.24) is 10.4 Å². The lowest BCUT2D eigenvalue weighted by atomic mass is 10.0. The molecule has 1 fully saturated rings.